The molecule has 0 radical (unpaired) electrons. The molecule has 0 aromatic heterocycles. The fourth-order valence-electron chi connectivity index (χ4n) is 0. The second-order valence-electron chi connectivity index (χ2n) is 1.75. The van der Waals surface area contributed by atoms with Gasteiger partial charge in [0.05, 0.1) is 0 Å². The van der Waals surface area contributed by atoms with E-state index >= 15 is 0 Å². The molecule has 20 heavy (non-hydrogen) atoms. The maximum Gasteiger partial charge on any atom is -0.0813 e. The molecule has 0 bridgehead atoms. The fourth-order valence-corrected chi connectivity index (χ4v) is 0. The summed E-state index contributed by atoms with van der Waals surface area (Å²) in [6.07, 6.45) is 4.00. The van der Waals surface area contributed by atoms with E-state index in [1.54, 1.807) is 0 Å². The molecule has 0 heterocycles. The van der Waals surface area contributed by atoms with Gasteiger partial charge in [-0.05, 0) is 0 Å². The first-order valence-electron chi connectivity index (χ1n) is 4.24. The Kier molecular flexibility index (Phi) is 61.2. The molecule has 9 nitrogen and oxygen atoms in total. The van der Waals surface area contributed by atoms with Crippen LogP contribution < -0.4 is 29.4 Å². The molecule has 0 spiro atoms. The summed E-state index contributed by atoms with van der Waals surface area (Å²) in [6.45, 7) is 4.00. The van der Waals surface area contributed by atoms with Crippen LogP contribution >= 0.6 is 24.8 Å². The van der Waals surface area contributed by atoms with Crippen LogP contribution in [0.15, 0.2) is 20.9 Å². The van der Waals surface area contributed by atoms with Crippen LogP contribution in [0.25, 0.3) is 0 Å². The van der Waals surface area contributed by atoms with Gasteiger partial charge in [-0.25, -0.2) is 0 Å². The summed E-state index contributed by atoms with van der Waals surface area (Å²) in [5.41, 5.74) is 0. The average molecular weight is 418 g/mol. The van der Waals surface area contributed by atoms with Gasteiger partial charge in [0, 0.05) is 0 Å². The van der Waals surface area contributed by atoms with E-state index in [0.717, 1.165) is 0 Å². The zero-order chi connectivity index (χ0) is 17.6. The molecular weight excluding hydrogens is 405 g/mol. The molecule has 114 valence electrons. The van der Waals surface area contributed by atoms with Crippen molar-refractivity contribution in [1.29, 1.82) is 0 Å². The van der Waals surface area contributed by atoms with Gasteiger partial charge in [-0.3, -0.25) is 0 Å². The molecule has 0 aliphatic rings. The van der Waals surface area contributed by atoms with Gasteiger partial charge < -0.3 is 43.1 Å². The minimum atomic E-state index is -3.63. The van der Waals surface area contributed by atoms with Crippen molar-refractivity contribution < 1.29 is 83.9 Å². The predicted octanol–water partition coefficient (Wildman–Crippen LogP) is -3.58. The van der Waals surface area contributed by atoms with E-state index in [0.29, 0.717) is 0 Å². The zero-order valence-electron chi connectivity index (χ0n) is 10.5. The summed E-state index contributed by atoms with van der Waals surface area (Å²) in [6, 6.07) is 0. The Balaban J connectivity index is -0.0000000469. The van der Waals surface area contributed by atoms with Gasteiger partial charge >= 0.3 is 75.6 Å². The smallest absolute Gasteiger partial charge is 0.0813 e. The van der Waals surface area contributed by atoms with Crippen LogP contribution in [0, 0.1) is 0 Å². The molecule has 14 heteroatoms. The van der Waals surface area contributed by atoms with E-state index in [2.05, 4.69) is 0 Å². The SMILES string of the molecule is CC=[CH][Ti+3].CC=[CH][Ti+3].O=[PH]([O-])[O-].O=[PH]([O-])[O-].O=[PH]([O-])[O-]. The van der Waals surface area contributed by atoms with Crippen molar-refractivity contribution in [3.8, 4) is 0 Å². The molecular formula is C6H13O9P3Ti2. The summed E-state index contributed by atoms with van der Waals surface area (Å²) >= 11 is 4.00. The van der Waals surface area contributed by atoms with E-state index in [4.69, 9.17) is 43.1 Å². The van der Waals surface area contributed by atoms with Gasteiger partial charge in [0.1, 0.15) is 0 Å². The third-order valence-electron chi connectivity index (χ3n) is 0.333. The summed E-state index contributed by atoms with van der Waals surface area (Å²) in [5, 5.41) is 0. The third-order valence-corrected chi connectivity index (χ3v) is 1.37. The molecule has 0 saturated carbocycles. The standard InChI is InChI=1S/2C3H5.3H3O3P.2Ti/c2*1-3-2;3*1-4(2)3;;/h2*1,3H,2H3;3*4H,(H2,1,2,3);;/q;;;;;2*+3/p-6. The molecule has 0 unspecified atom stereocenters. The number of rotatable bonds is 0. The van der Waals surface area contributed by atoms with Crippen molar-refractivity contribution in [2.75, 3.05) is 0 Å². The quantitative estimate of drug-likeness (QED) is 0.283. The monoisotopic (exact) mass is 418 g/mol. The number of hydrogen-bond acceptors (Lipinski definition) is 9. The first-order valence-corrected chi connectivity index (χ1v) is 9.71. The largest absolute Gasteiger partial charge is 0.813 e. The Labute approximate surface area is 143 Å². The van der Waals surface area contributed by atoms with Crippen LogP contribution in [0.2, 0.25) is 0 Å². The first kappa shape index (κ1) is 33.1. The van der Waals surface area contributed by atoms with Crippen LogP contribution in [0.3, 0.4) is 0 Å². The number of allylic oxidation sites excluding steroid dienone is 2. The van der Waals surface area contributed by atoms with Gasteiger partial charge in [0.15, 0.2) is 0 Å². The van der Waals surface area contributed by atoms with Crippen LogP contribution in [0.1, 0.15) is 13.8 Å². The van der Waals surface area contributed by atoms with Gasteiger partial charge in [0.2, 0.25) is 0 Å². The summed E-state index contributed by atoms with van der Waals surface area (Å²) in [7, 11) is -10.9. The summed E-state index contributed by atoms with van der Waals surface area (Å²) < 4.78 is 29.6. The molecule has 0 aromatic carbocycles. The molecule has 0 saturated heterocycles. The maximum absolute atomic E-state index is 8.52. The molecule has 0 fully saturated rings. The predicted molar refractivity (Wildman–Crippen MR) is 56.6 cm³/mol. The van der Waals surface area contributed by atoms with Crippen molar-refractivity contribution >= 4 is 24.8 Å². The van der Waals surface area contributed by atoms with Gasteiger partial charge in [-0.2, -0.15) is 0 Å². The minimum absolute atomic E-state index is 2.00. The summed E-state index contributed by atoms with van der Waals surface area (Å²) in [5.74, 6) is 0. The van der Waals surface area contributed by atoms with Crippen LogP contribution in [0.4, 0.5) is 0 Å². The molecule has 0 atom stereocenters. The second kappa shape index (κ2) is 37.0. The van der Waals surface area contributed by atoms with Crippen molar-refractivity contribution in [1.82, 2.24) is 0 Å². The van der Waals surface area contributed by atoms with Crippen molar-refractivity contribution in [3.05, 3.63) is 20.9 Å². The van der Waals surface area contributed by atoms with E-state index in [9.17, 15) is 0 Å². The van der Waals surface area contributed by atoms with Gasteiger partial charge in [0.25, 0.3) is 0 Å². The maximum atomic E-state index is 8.52. The third kappa shape index (κ3) is 578. The van der Waals surface area contributed by atoms with Crippen LogP contribution in [-0.2, 0) is 54.6 Å². The fraction of sp³-hybridized carbons (Fsp3) is 0.333. The van der Waals surface area contributed by atoms with Crippen molar-refractivity contribution in [2.24, 2.45) is 0 Å². The first-order chi connectivity index (χ1) is 9.02. The number of hydrogen-bond donors (Lipinski definition) is 0. The Hall–Kier alpha value is 1.36. The van der Waals surface area contributed by atoms with Crippen LogP contribution in [0.5, 0.6) is 0 Å². The Morgan fingerprint density at radius 3 is 0.700 bits per heavy atom. The molecule has 0 aromatic rings. The molecule has 0 aliphatic heterocycles. The van der Waals surface area contributed by atoms with E-state index < -0.39 is 24.8 Å². The van der Waals surface area contributed by atoms with E-state index in [-0.39, 0.29) is 0 Å². The minimum Gasteiger partial charge on any atom is -0.813 e. The average Bonchev–Trinajstić information content (AvgIpc) is 2.26. The Morgan fingerprint density at radius 1 is 0.650 bits per heavy atom. The van der Waals surface area contributed by atoms with Gasteiger partial charge in [-0.15, -0.1) is 0 Å². The van der Waals surface area contributed by atoms with E-state index in [1.807, 2.05) is 75.6 Å². The molecule has 0 amide bonds. The zero-order valence-corrected chi connectivity index (χ0v) is 16.6. The molecule has 0 N–H and O–H groups in total. The molecule has 0 rings (SSSR count). The van der Waals surface area contributed by atoms with Crippen LogP contribution in [-0.4, -0.2) is 0 Å². The normalized spacial score (nSPS) is 9.15. The summed E-state index contributed by atoms with van der Waals surface area (Å²) in [4.78, 5) is 51.1. The Bertz CT molecular complexity index is 226. The van der Waals surface area contributed by atoms with Gasteiger partial charge in [-0.1, -0.05) is 24.8 Å². The topological polar surface area (TPSA) is 190 Å². The second-order valence-corrected chi connectivity index (χ2v) is 4.29. The van der Waals surface area contributed by atoms with Crippen molar-refractivity contribution in [3.63, 3.8) is 0 Å². The van der Waals surface area contributed by atoms with E-state index in [1.165, 1.54) is 0 Å². The van der Waals surface area contributed by atoms with Crippen molar-refractivity contribution in [2.45, 2.75) is 13.8 Å². The molecule has 0 aliphatic carbocycles. The Morgan fingerprint density at radius 2 is 0.700 bits per heavy atom.